The second-order valence-electron chi connectivity index (χ2n) is 4.20. The topological polar surface area (TPSA) is 35.5 Å². The maximum absolute atomic E-state index is 9.37. The Morgan fingerprint density at radius 3 is 2.62 bits per heavy atom. The lowest BCUT2D eigenvalue weighted by Crippen LogP contribution is -2.48. The highest BCUT2D eigenvalue weighted by Crippen LogP contribution is 2.18. The Hall–Kier alpha value is -0.120. The van der Waals surface area contributed by atoms with Gasteiger partial charge >= 0.3 is 0 Å². The Bertz CT molecular complexity index is 135. The SMILES string of the molecule is OC[C@H]([C@H]1CCCN1)N1CCCC1. The quantitative estimate of drug-likeness (QED) is 0.657. The molecule has 2 atom stereocenters. The van der Waals surface area contributed by atoms with E-state index in [0.29, 0.717) is 18.7 Å². The fourth-order valence-electron chi connectivity index (χ4n) is 2.61. The van der Waals surface area contributed by atoms with Crippen molar-refractivity contribution in [3.05, 3.63) is 0 Å². The van der Waals surface area contributed by atoms with Crippen LogP contribution in [-0.2, 0) is 0 Å². The van der Waals surface area contributed by atoms with Crippen molar-refractivity contribution in [1.82, 2.24) is 10.2 Å². The van der Waals surface area contributed by atoms with Gasteiger partial charge in [0.25, 0.3) is 0 Å². The van der Waals surface area contributed by atoms with Gasteiger partial charge in [-0.1, -0.05) is 0 Å². The Balaban J connectivity index is 1.90. The minimum Gasteiger partial charge on any atom is -0.395 e. The summed E-state index contributed by atoms with van der Waals surface area (Å²) in [6.45, 7) is 3.82. The molecule has 0 spiro atoms. The van der Waals surface area contributed by atoms with Gasteiger partial charge < -0.3 is 10.4 Å². The summed E-state index contributed by atoms with van der Waals surface area (Å²) in [5.41, 5.74) is 0. The van der Waals surface area contributed by atoms with Gasteiger partial charge in [-0.05, 0) is 45.3 Å². The Morgan fingerprint density at radius 1 is 1.31 bits per heavy atom. The van der Waals surface area contributed by atoms with Crippen LogP contribution < -0.4 is 5.32 Å². The summed E-state index contributed by atoms with van der Waals surface area (Å²) in [4.78, 5) is 2.45. The van der Waals surface area contributed by atoms with Crippen molar-refractivity contribution >= 4 is 0 Å². The fourth-order valence-corrected chi connectivity index (χ4v) is 2.61. The van der Waals surface area contributed by atoms with Gasteiger partial charge in [0.15, 0.2) is 0 Å². The van der Waals surface area contributed by atoms with Crippen LogP contribution in [-0.4, -0.2) is 48.3 Å². The monoisotopic (exact) mass is 184 g/mol. The molecule has 2 aliphatic rings. The molecule has 0 aromatic carbocycles. The molecule has 0 aliphatic carbocycles. The second kappa shape index (κ2) is 4.40. The van der Waals surface area contributed by atoms with E-state index in [4.69, 9.17) is 0 Å². The zero-order valence-electron chi connectivity index (χ0n) is 8.21. The van der Waals surface area contributed by atoms with E-state index in [1.165, 1.54) is 38.8 Å². The van der Waals surface area contributed by atoms with Gasteiger partial charge in [-0.3, -0.25) is 4.90 Å². The summed E-state index contributed by atoms with van der Waals surface area (Å²) in [5, 5.41) is 12.8. The van der Waals surface area contributed by atoms with Crippen molar-refractivity contribution in [3.8, 4) is 0 Å². The van der Waals surface area contributed by atoms with Crippen molar-refractivity contribution in [1.29, 1.82) is 0 Å². The van der Waals surface area contributed by atoms with Crippen LogP contribution in [0.15, 0.2) is 0 Å². The third kappa shape index (κ3) is 2.03. The molecule has 0 amide bonds. The van der Waals surface area contributed by atoms with Crippen LogP contribution in [0.4, 0.5) is 0 Å². The maximum atomic E-state index is 9.37. The first-order chi connectivity index (χ1) is 6.42. The highest BCUT2D eigenvalue weighted by atomic mass is 16.3. The average molecular weight is 184 g/mol. The molecule has 2 fully saturated rings. The van der Waals surface area contributed by atoms with E-state index in [9.17, 15) is 5.11 Å². The van der Waals surface area contributed by atoms with E-state index in [1.807, 2.05) is 0 Å². The van der Waals surface area contributed by atoms with Crippen molar-refractivity contribution in [3.63, 3.8) is 0 Å². The number of hydrogen-bond donors (Lipinski definition) is 2. The number of hydrogen-bond acceptors (Lipinski definition) is 3. The minimum absolute atomic E-state index is 0.317. The van der Waals surface area contributed by atoms with Crippen LogP contribution in [0.3, 0.4) is 0 Å². The van der Waals surface area contributed by atoms with Gasteiger partial charge in [0, 0.05) is 12.1 Å². The molecule has 2 N–H and O–H groups in total. The van der Waals surface area contributed by atoms with Gasteiger partial charge in [0.2, 0.25) is 0 Å². The van der Waals surface area contributed by atoms with E-state index in [1.54, 1.807) is 0 Å². The van der Waals surface area contributed by atoms with Gasteiger partial charge in [-0.2, -0.15) is 0 Å². The smallest absolute Gasteiger partial charge is 0.0602 e. The van der Waals surface area contributed by atoms with Crippen LogP contribution >= 0.6 is 0 Å². The van der Waals surface area contributed by atoms with Gasteiger partial charge in [0.05, 0.1) is 6.61 Å². The molecule has 3 nitrogen and oxygen atoms in total. The molecule has 0 radical (unpaired) electrons. The fraction of sp³-hybridized carbons (Fsp3) is 1.00. The lowest BCUT2D eigenvalue weighted by atomic mass is 10.1. The standard InChI is InChI=1S/C10H20N2O/c13-8-10(9-4-3-5-11-9)12-6-1-2-7-12/h9-11,13H,1-8H2/t9-,10-/m1/s1. The van der Waals surface area contributed by atoms with E-state index in [-0.39, 0.29) is 0 Å². The molecule has 3 heteroatoms. The molecule has 2 rings (SSSR count). The summed E-state index contributed by atoms with van der Waals surface area (Å²) >= 11 is 0. The molecule has 2 heterocycles. The highest BCUT2D eigenvalue weighted by molar-refractivity contribution is 4.89. The Labute approximate surface area is 80.1 Å². The molecule has 0 bridgehead atoms. The number of rotatable bonds is 3. The number of likely N-dealkylation sites (tertiary alicyclic amines) is 1. The van der Waals surface area contributed by atoms with Crippen LogP contribution in [0.25, 0.3) is 0 Å². The number of nitrogens with zero attached hydrogens (tertiary/aromatic N) is 1. The summed E-state index contributed by atoms with van der Waals surface area (Å²) < 4.78 is 0. The van der Waals surface area contributed by atoms with Gasteiger partial charge in [-0.25, -0.2) is 0 Å². The maximum Gasteiger partial charge on any atom is 0.0602 e. The molecule has 2 aliphatic heterocycles. The van der Waals surface area contributed by atoms with Crippen molar-refractivity contribution in [2.24, 2.45) is 0 Å². The molecule has 0 saturated carbocycles. The Kier molecular flexibility index (Phi) is 3.19. The summed E-state index contributed by atoms with van der Waals surface area (Å²) in [7, 11) is 0. The highest BCUT2D eigenvalue weighted by Gasteiger charge is 2.30. The molecule has 0 unspecified atom stereocenters. The number of aliphatic hydroxyl groups excluding tert-OH is 1. The summed E-state index contributed by atoms with van der Waals surface area (Å²) in [6, 6.07) is 0.924. The normalized spacial score (nSPS) is 32.5. The minimum atomic E-state index is 0.317. The first-order valence-electron chi connectivity index (χ1n) is 5.50. The van der Waals surface area contributed by atoms with E-state index in [2.05, 4.69) is 10.2 Å². The van der Waals surface area contributed by atoms with Gasteiger partial charge in [-0.15, -0.1) is 0 Å². The molecule has 13 heavy (non-hydrogen) atoms. The molecular formula is C10H20N2O. The zero-order chi connectivity index (χ0) is 9.10. The largest absolute Gasteiger partial charge is 0.395 e. The van der Waals surface area contributed by atoms with Gasteiger partial charge in [0.1, 0.15) is 0 Å². The summed E-state index contributed by atoms with van der Waals surface area (Å²) in [5.74, 6) is 0. The van der Waals surface area contributed by atoms with Crippen molar-refractivity contribution < 1.29 is 5.11 Å². The lowest BCUT2D eigenvalue weighted by molar-refractivity contribution is 0.119. The molecule has 0 aromatic heterocycles. The van der Waals surface area contributed by atoms with Crippen molar-refractivity contribution in [2.45, 2.75) is 37.8 Å². The number of aliphatic hydroxyl groups is 1. The number of nitrogens with one attached hydrogen (secondary N) is 1. The van der Waals surface area contributed by atoms with E-state index >= 15 is 0 Å². The third-order valence-corrected chi connectivity index (χ3v) is 3.36. The first kappa shape index (κ1) is 9.44. The zero-order valence-corrected chi connectivity index (χ0v) is 8.21. The molecular weight excluding hydrogens is 164 g/mol. The van der Waals surface area contributed by atoms with E-state index < -0.39 is 0 Å². The van der Waals surface area contributed by atoms with Crippen LogP contribution in [0.2, 0.25) is 0 Å². The van der Waals surface area contributed by atoms with Crippen LogP contribution in [0.1, 0.15) is 25.7 Å². The Morgan fingerprint density at radius 2 is 2.08 bits per heavy atom. The lowest BCUT2D eigenvalue weighted by Gasteiger charge is -2.30. The second-order valence-corrected chi connectivity index (χ2v) is 4.20. The first-order valence-corrected chi connectivity index (χ1v) is 5.50. The average Bonchev–Trinajstić information content (AvgIpc) is 2.76. The summed E-state index contributed by atoms with van der Waals surface area (Å²) in [6.07, 6.45) is 5.13. The van der Waals surface area contributed by atoms with Crippen LogP contribution in [0, 0.1) is 0 Å². The van der Waals surface area contributed by atoms with E-state index in [0.717, 1.165) is 6.54 Å². The predicted octanol–water partition coefficient (Wildman–Crippen LogP) is 0.195. The van der Waals surface area contributed by atoms with Crippen molar-refractivity contribution in [2.75, 3.05) is 26.2 Å². The predicted molar refractivity (Wildman–Crippen MR) is 52.7 cm³/mol. The molecule has 0 aromatic rings. The molecule has 76 valence electrons. The van der Waals surface area contributed by atoms with Crippen LogP contribution in [0.5, 0.6) is 0 Å². The molecule has 2 saturated heterocycles. The third-order valence-electron chi connectivity index (χ3n) is 3.36.